The number of aromatic nitrogens is 1. The predicted molar refractivity (Wildman–Crippen MR) is 75.4 cm³/mol. The zero-order valence-electron chi connectivity index (χ0n) is 12.1. The van der Waals surface area contributed by atoms with E-state index in [2.05, 4.69) is 9.17 Å². The van der Waals surface area contributed by atoms with E-state index in [1.807, 2.05) is 6.92 Å². The van der Waals surface area contributed by atoms with Gasteiger partial charge in [0.15, 0.2) is 5.75 Å². The first-order valence-electron chi connectivity index (χ1n) is 6.88. The number of carbonyl (C=O) groups is 1. The zero-order chi connectivity index (χ0) is 16.2. The van der Waals surface area contributed by atoms with Crippen molar-refractivity contribution in [2.75, 3.05) is 19.8 Å². The van der Waals surface area contributed by atoms with Crippen LogP contribution in [0.15, 0.2) is 18.5 Å². The van der Waals surface area contributed by atoms with Crippen LogP contribution in [0.5, 0.6) is 5.75 Å². The molecule has 122 valence electrons. The van der Waals surface area contributed by atoms with Crippen LogP contribution in [0.3, 0.4) is 0 Å². The predicted octanol–water partition coefficient (Wildman–Crippen LogP) is 1.32. The maximum absolute atomic E-state index is 12.5. The minimum Gasteiger partial charge on any atom is -0.379 e. The molecule has 1 aromatic rings. The second kappa shape index (κ2) is 7.01. The van der Waals surface area contributed by atoms with Gasteiger partial charge in [-0.3, -0.25) is 9.78 Å². The van der Waals surface area contributed by atoms with Crippen molar-refractivity contribution >= 4 is 16.4 Å². The molecule has 1 unspecified atom stereocenters. The molecule has 0 N–H and O–H groups in total. The fourth-order valence-corrected chi connectivity index (χ4v) is 2.72. The number of hydrogen-bond acceptors (Lipinski definition) is 6. The highest BCUT2D eigenvalue weighted by Crippen LogP contribution is 2.19. The van der Waals surface area contributed by atoms with Crippen LogP contribution in [0.1, 0.15) is 30.1 Å². The van der Waals surface area contributed by atoms with Crippen LogP contribution in [0.4, 0.5) is 3.89 Å². The molecule has 2 heterocycles. The highest BCUT2D eigenvalue weighted by Gasteiger charge is 2.26. The first-order chi connectivity index (χ1) is 10.4. The lowest BCUT2D eigenvalue weighted by atomic mass is 10.1. The van der Waals surface area contributed by atoms with Gasteiger partial charge in [0, 0.05) is 19.3 Å². The Labute approximate surface area is 128 Å². The van der Waals surface area contributed by atoms with Gasteiger partial charge in [-0.25, -0.2) is 0 Å². The van der Waals surface area contributed by atoms with E-state index < -0.39 is 10.5 Å². The number of likely N-dealkylation sites (N-methyl/N-ethyl adjacent to an activating group) is 1. The van der Waals surface area contributed by atoms with Gasteiger partial charge in [0.2, 0.25) is 0 Å². The summed E-state index contributed by atoms with van der Waals surface area (Å²) in [5.74, 6) is -0.670. The Morgan fingerprint density at radius 3 is 2.91 bits per heavy atom. The highest BCUT2D eigenvalue weighted by molar-refractivity contribution is 7.81. The van der Waals surface area contributed by atoms with Gasteiger partial charge in [-0.1, -0.05) is 3.89 Å². The maximum Gasteiger partial charge on any atom is 0.488 e. The lowest BCUT2D eigenvalue weighted by molar-refractivity contribution is 0.0183. The topological polar surface area (TPSA) is 85.8 Å². The summed E-state index contributed by atoms with van der Waals surface area (Å²) >= 11 is 0. The maximum atomic E-state index is 12.5. The van der Waals surface area contributed by atoms with Gasteiger partial charge in [-0.15, -0.1) is 0 Å². The van der Waals surface area contributed by atoms with Crippen LogP contribution in [0.2, 0.25) is 0 Å². The highest BCUT2D eigenvalue weighted by atomic mass is 32.3. The Bertz CT molecular complexity index is 631. The van der Waals surface area contributed by atoms with Crippen LogP contribution in [0, 0.1) is 0 Å². The van der Waals surface area contributed by atoms with Crippen molar-refractivity contribution in [3.05, 3.63) is 24.0 Å². The number of amides is 1. The minimum atomic E-state index is -5.15. The van der Waals surface area contributed by atoms with Gasteiger partial charge >= 0.3 is 10.5 Å². The van der Waals surface area contributed by atoms with Gasteiger partial charge in [0.05, 0.1) is 24.4 Å². The van der Waals surface area contributed by atoms with Gasteiger partial charge in [-0.05, 0) is 25.8 Å². The van der Waals surface area contributed by atoms with E-state index >= 15 is 0 Å². The molecule has 1 atom stereocenters. The molecule has 1 aliphatic heterocycles. The number of pyridine rings is 1. The summed E-state index contributed by atoms with van der Waals surface area (Å²) < 4.78 is 43.0. The van der Waals surface area contributed by atoms with Gasteiger partial charge in [-0.2, -0.15) is 8.42 Å². The molecule has 1 saturated heterocycles. The van der Waals surface area contributed by atoms with Crippen molar-refractivity contribution < 1.29 is 26.0 Å². The molecule has 0 spiro atoms. The third-order valence-corrected chi connectivity index (χ3v) is 3.73. The molecule has 0 aromatic carbocycles. The number of nitrogens with zero attached hydrogens (tertiary/aromatic N) is 2. The monoisotopic (exact) mass is 332 g/mol. The molecular weight excluding hydrogens is 315 g/mol. The Hall–Kier alpha value is -1.74. The Kier molecular flexibility index (Phi) is 5.30. The SMILES string of the molecule is CCN(C(=O)c1cncc(OS(=O)(=O)F)c1)C1CCCOC1. The van der Waals surface area contributed by atoms with E-state index in [9.17, 15) is 17.1 Å². The first-order valence-corrected chi connectivity index (χ1v) is 8.19. The van der Waals surface area contributed by atoms with Gasteiger partial charge in [0.1, 0.15) is 0 Å². The standard InChI is InChI=1S/C13H17FN2O5S/c1-2-16(11-4-3-5-20-9-11)13(17)10-6-12(8-15-7-10)21-22(14,18)19/h6-8,11H,2-5,9H2,1H3. The second-order valence-corrected chi connectivity index (χ2v) is 5.80. The molecule has 9 heteroatoms. The molecule has 0 saturated carbocycles. The largest absolute Gasteiger partial charge is 0.488 e. The Morgan fingerprint density at radius 2 is 2.32 bits per heavy atom. The number of carbonyl (C=O) groups excluding carboxylic acids is 1. The van der Waals surface area contributed by atoms with Crippen molar-refractivity contribution in [2.45, 2.75) is 25.8 Å². The van der Waals surface area contributed by atoms with Crippen LogP contribution >= 0.6 is 0 Å². The average molecular weight is 332 g/mol. The van der Waals surface area contributed by atoms with Crippen molar-refractivity contribution in [2.24, 2.45) is 0 Å². The molecule has 22 heavy (non-hydrogen) atoms. The summed E-state index contributed by atoms with van der Waals surface area (Å²) in [6.07, 6.45) is 4.01. The fraction of sp³-hybridized carbons (Fsp3) is 0.538. The summed E-state index contributed by atoms with van der Waals surface area (Å²) in [6, 6.07) is 1.11. The molecule has 0 bridgehead atoms. The molecule has 1 amide bonds. The summed E-state index contributed by atoms with van der Waals surface area (Å²) in [4.78, 5) is 17.9. The fourth-order valence-electron chi connectivity index (χ4n) is 2.40. The molecule has 7 nitrogen and oxygen atoms in total. The smallest absolute Gasteiger partial charge is 0.379 e. The van der Waals surface area contributed by atoms with Crippen LogP contribution in [-0.2, 0) is 15.2 Å². The summed E-state index contributed by atoms with van der Waals surface area (Å²) in [5.41, 5.74) is 0.133. The zero-order valence-corrected chi connectivity index (χ0v) is 12.9. The normalized spacial score (nSPS) is 18.7. The first kappa shape index (κ1) is 16.6. The van der Waals surface area contributed by atoms with Crippen molar-refractivity contribution in [1.82, 2.24) is 9.88 Å². The third-order valence-electron chi connectivity index (χ3n) is 3.33. The lowest BCUT2D eigenvalue weighted by Crippen LogP contribution is -2.44. The van der Waals surface area contributed by atoms with E-state index in [4.69, 9.17) is 4.74 Å². The number of rotatable bonds is 5. The number of halogens is 1. The number of ether oxygens (including phenoxy) is 1. The molecule has 1 fully saturated rings. The summed E-state index contributed by atoms with van der Waals surface area (Å²) in [5, 5.41) is 0. The summed E-state index contributed by atoms with van der Waals surface area (Å²) in [7, 11) is -5.15. The van der Waals surface area contributed by atoms with E-state index in [-0.39, 0.29) is 23.3 Å². The molecule has 1 aromatic heterocycles. The molecule has 0 aliphatic carbocycles. The van der Waals surface area contributed by atoms with Crippen molar-refractivity contribution in [1.29, 1.82) is 0 Å². The van der Waals surface area contributed by atoms with Crippen molar-refractivity contribution in [3.63, 3.8) is 0 Å². The van der Waals surface area contributed by atoms with E-state index in [1.54, 1.807) is 4.90 Å². The second-order valence-electron chi connectivity index (χ2n) is 4.85. The van der Waals surface area contributed by atoms with Crippen LogP contribution in [-0.4, -0.2) is 50.0 Å². The molecular formula is C13H17FN2O5S. The molecule has 0 radical (unpaired) electrons. The lowest BCUT2D eigenvalue weighted by Gasteiger charge is -2.33. The van der Waals surface area contributed by atoms with Gasteiger partial charge in [0.25, 0.3) is 5.91 Å². The van der Waals surface area contributed by atoms with Gasteiger partial charge < -0.3 is 13.8 Å². The average Bonchev–Trinajstić information content (AvgIpc) is 2.47. The number of hydrogen-bond donors (Lipinski definition) is 0. The molecule has 1 aliphatic rings. The molecule has 2 rings (SSSR count). The Morgan fingerprint density at radius 1 is 1.55 bits per heavy atom. The van der Waals surface area contributed by atoms with Crippen LogP contribution < -0.4 is 4.18 Å². The van der Waals surface area contributed by atoms with Crippen molar-refractivity contribution in [3.8, 4) is 5.75 Å². The van der Waals surface area contributed by atoms with Crippen LogP contribution in [0.25, 0.3) is 0 Å². The quantitative estimate of drug-likeness (QED) is 0.756. The Balaban J connectivity index is 2.18. The van der Waals surface area contributed by atoms with E-state index in [0.29, 0.717) is 19.8 Å². The third kappa shape index (κ3) is 4.38. The van der Waals surface area contributed by atoms with E-state index in [0.717, 1.165) is 25.1 Å². The van der Waals surface area contributed by atoms with E-state index in [1.165, 1.54) is 6.20 Å². The minimum absolute atomic E-state index is 0.0410. The summed E-state index contributed by atoms with van der Waals surface area (Å²) in [6.45, 7) is 3.45.